The van der Waals surface area contributed by atoms with Gasteiger partial charge in [0.2, 0.25) is 17.7 Å². The maximum atomic E-state index is 12.6. The fraction of sp³-hybridized carbons (Fsp3) is 0.118. The van der Waals surface area contributed by atoms with E-state index < -0.39 is 12.2 Å². The van der Waals surface area contributed by atoms with E-state index >= 15 is 0 Å². The fourth-order valence-electron chi connectivity index (χ4n) is 2.43. The maximum Gasteiger partial charge on any atom is 0.574 e. The van der Waals surface area contributed by atoms with Gasteiger partial charge >= 0.3 is 6.36 Å². The Hall–Kier alpha value is -3.36. The molecule has 0 spiro atoms. The van der Waals surface area contributed by atoms with Crippen LogP contribution in [0, 0.1) is 0 Å². The third kappa shape index (κ3) is 4.00. The number of hydrogen-bond donors (Lipinski definition) is 2. The Bertz CT molecular complexity index is 972. The van der Waals surface area contributed by atoms with Crippen molar-refractivity contribution < 1.29 is 22.7 Å². The molecule has 0 unspecified atom stereocenters. The molecule has 0 radical (unpaired) electrons. The lowest BCUT2D eigenvalue weighted by Gasteiger charge is -2.12. The highest BCUT2D eigenvalue weighted by Crippen LogP contribution is 2.32. The Morgan fingerprint density at radius 1 is 1.08 bits per heavy atom. The number of benzene rings is 2. The van der Waals surface area contributed by atoms with E-state index in [0.29, 0.717) is 11.3 Å². The molecule has 0 aliphatic heterocycles. The number of anilines is 2. The molecule has 0 bridgehead atoms. The van der Waals surface area contributed by atoms with Crippen LogP contribution in [0.15, 0.2) is 42.5 Å². The van der Waals surface area contributed by atoms with Crippen LogP contribution in [0.1, 0.15) is 6.92 Å². The van der Waals surface area contributed by atoms with Gasteiger partial charge in [-0.05, 0) is 35.4 Å². The Morgan fingerprint density at radius 2 is 1.73 bits per heavy atom. The van der Waals surface area contributed by atoms with Gasteiger partial charge in [-0.2, -0.15) is 4.98 Å². The van der Waals surface area contributed by atoms with Crippen molar-refractivity contribution in [3.8, 4) is 17.0 Å². The maximum absolute atomic E-state index is 12.6. The smallest absolute Gasteiger partial charge is 0.387 e. The predicted octanol–water partition coefficient (Wildman–Crippen LogP) is 3.74. The summed E-state index contributed by atoms with van der Waals surface area (Å²) in [5.41, 5.74) is 7.65. The molecule has 134 valence electrons. The summed E-state index contributed by atoms with van der Waals surface area (Å²) >= 11 is 0. The highest BCUT2D eigenvalue weighted by Gasteiger charge is 2.33. The van der Waals surface area contributed by atoms with Crippen LogP contribution in [0.3, 0.4) is 0 Å². The van der Waals surface area contributed by atoms with E-state index in [1.807, 2.05) is 0 Å². The lowest BCUT2D eigenvalue weighted by atomic mass is 10.0. The normalized spacial score (nSPS) is 11.4. The fourth-order valence-corrected chi connectivity index (χ4v) is 2.43. The first-order chi connectivity index (χ1) is 12.2. The number of nitrogens with one attached hydrogen (secondary N) is 1. The van der Waals surface area contributed by atoms with E-state index in [1.54, 1.807) is 30.3 Å². The number of carbonyl (C=O) groups is 1. The zero-order valence-electron chi connectivity index (χ0n) is 13.5. The Morgan fingerprint density at radius 3 is 2.35 bits per heavy atom. The zero-order chi connectivity index (χ0) is 18.9. The molecule has 6 nitrogen and oxygen atoms in total. The number of rotatable bonds is 3. The number of carbonyl (C=O) groups excluding carboxylic acids is 1. The topological polar surface area (TPSA) is 90.1 Å². The highest BCUT2D eigenvalue weighted by molar-refractivity contribution is 5.90. The summed E-state index contributed by atoms with van der Waals surface area (Å²) in [5, 5.41) is 2.72. The van der Waals surface area contributed by atoms with E-state index in [4.69, 9.17) is 5.73 Å². The molecule has 0 saturated carbocycles. The molecule has 3 aromatic rings. The van der Waals surface area contributed by atoms with Crippen molar-refractivity contribution in [2.45, 2.75) is 13.3 Å². The number of hydrogen-bond acceptors (Lipinski definition) is 5. The minimum Gasteiger partial charge on any atom is -0.387 e. The second-order valence-electron chi connectivity index (χ2n) is 5.43. The van der Waals surface area contributed by atoms with E-state index in [1.165, 1.54) is 19.1 Å². The van der Waals surface area contributed by atoms with Gasteiger partial charge in [0.05, 0.1) is 10.9 Å². The van der Waals surface area contributed by atoms with Crippen LogP contribution in [0.5, 0.6) is 5.88 Å². The first-order valence-electron chi connectivity index (χ1n) is 7.42. The highest BCUT2D eigenvalue weighted by atomic mass is 19.4. The lowest BCUT2D eigenvalue weighted by Crippen LogP contribution is -2.18. The summed E-state index contributed by atoms with van der Waals surface area (Å²) in [4.78, 5) is 18.5. The summed E-state index contributed by atoms with van der Waals surface area (Å²) in [6.45, 7) is 1.39. The van der Waals surface area contributed by atoms with Crippen LogP contribution in [0.25, 0.3) is 22.0 Å². The van der Waals surface area contributed by atoms with Gasteiger partial charge in [0.25, 0.3) is 0 Å². The van der Waals surface area contributed by atoms with Crippen LogP contribution in [0.4, 0.5) is 24.8 Å². The van der Waals surface area contributed by atoms with Gasteiger partial charge in [0, 0.05) is 12.6 Å². The first kappa shape index (κ1) is 17.5. The second-order valence-corrected chi connectivity index (χ2v) is 5.43. The quantitative estimate of drug-likeness (QED) is 0.741. The third-order valence-electron chi connectivity index (χ3n) is 3.43. The summed E-state index contributed by atoms with van der Waals surface area (Å²) in [6, 6.07) is 11.6. The van der Waals surface area contributed by atoms with E-state index in [9.17, 15) is 18.0 Å². The molecule has 26 heavy (non-hydrogen) atoms. The number of nitrogen functional groups attached to an aromatic ring is 1. The summed E-state index contributed by atoms with van der Waals surface area (Å²) < 4.78 is 41.8. The van der Waals surface area contributed by atoms with Gasteiger partial charge in [-0.25, -0.2) is 4.98 Å². The van der Waals surface area contributed by atoms with Gasteiger partial charge < -0.3 is 15.8 Å². The van der Waals surface area contributed by atoms with Gasteiger partial charge in [0.1, 0.15) is 0 Å². The van der Waals surface area contributed by atoms with Crippen molar-refractivity contribution in [1.29, 1.82) is 0 Å². The second kappa shape index (κ2) is 6.51. The van der Waals surface area contributed by atoms with Gasteiger partial charge in [-0.3, -0.25) is 4.79 Å². The van der Waals surface area contributed by atoms with E-state index in [2.05, 4.69) is 20.0 Å². The Kier molecular flexibility index (Phi) is 4.37. The average Bonchev–Trinajstić information content (AvgIpc) is 2.53. The predicted molar refractivity (Wildman–Crippen MR) is 90.4 cm³/mol. The van der Waals surface area contributed by atoms with E-state index in [0.717, 1.165) is 5.56 Å². The van der Waals surface area contributed by atoms with Crippen molar-refractivity contribution in [3.63, 3.8) is 0 Å². The molecular formula is C17H13F3N4O2. The van der Waals surface area contributed by atoms with Crippen LogP contribution in [-0.2, 0) is 4.79 Å². The number of amides is 1. The Labute approximate surface area is 145 Å². The van der Waals surface area contributed by atoms with Crippen molar-refractivity contribution in [2.75, 3.05) is 11.1 Å². The number of aromatic nitrogens is 2. The molecule has 2 aromatic carbocycles. The minimum atomic E-state index is -4.90. The number of nitrogens with zero attached hydrogens (tertiary/aromatic N) is 2. The molecule has 0 aliphatic carbocycles. The number of halogens is 3. The first-order valence-corrected chi connectivity index (χ1v) is 7.42. The number of fused-ring (bicyclic) bond motifs is 1. The number of alkyl halides is 3. The molecule has 0 fully saturated rings. The van der Waals surface area contributed by atoms with Gasteiger partial charge in [-0.1, -0.05) is 18.2 Å². The molecule has 1 heterocycles. The zero-order valence-corrected chi connectivity index (χ0v) is 13.5. The summed E-state index contributed by atoms with van der Waals surface area (Å²) in [7, 11) is 0. The molecule has 0 atom stereocenters. The molecule has 0 saturated heterocycles. The largest absolute Gasteiger partial charge is 0.574 e. The third-order valence-corrected chi connectivity index (χ3v) is 3.43. The molecule has 3 N–H and O–H groups in total. The van der Waals surface area contributed by atoms with Crippen molar-refractivity contribution >= 4 is 28.4 Å². The molecule has 3 rings (SSSR count). The van der Waals surface area contributed by atoms with E-state index in [-0.39, 0.29) is 22.8 Å². The molecule has 0 aliphatic rings. The van der Waals surface area contributed by atoms with Gasteiger partial charge in [0.15, 0.2) is 0 Å². The monoisotopic (exact) mass is 362 g/mol. The van der Waals surface area contributed by atoms with Crippen LogP contribution in [0.2, 0.25) is 0 Å². The Balaban J connectivity index is 2.04. The lowest BCUT2D eigenvalue weighted by molar-refractivity contribution is -0.275. The molecule has 9 heteroatoms. The van der Waals surface area contributed by atoms with Crippen LogP contribution >= 0.6 is 0 Å². The molecule has 1 aromatic heterocycles. The molecular weight excluding hydrogens is 349 g/mol. The van der Waals surface area contributed by atoms with Crippen LogP contribution < -0.4 is 15.8 Å². The minimum absolute atomic E-state index is 0.0833. The summed E-state index contributed by atoms with van der Waals surface area (Å²) in [5.74, 6) is -1.17. The van der Waals surface area contributed by atoms with Crippen molar-refractivity contribution in [3.05, 3.63) is 42.5 Å². The average molecular weight is 362 g/mol. The van der Waals surface area contributed by atoms with Crippen LogP contribution in [-0.4, -0.2) is 22.2 Å². The summed E-state index contributed by atoms with van der Waals surface area (Å²) in [6.07, 6.45) is -4.90. The van der Waals surface area contributed by atoms with Gasteiger partial charge in [-0.15, -0.1) is 13.2 Å². The van der Waals surface area contributed by atoms with Crippen molar-refractivity contribution in [1.82, 2.24) is 9.97 Å². The molecule has 1 amide bonds. The SMILES string of the molecule is CC(=O)Nc1ccc(-c2ccc3nc(N)nc(OC(F)(F)F)c3c2)cc1. The standard InChI is InChI=1S/C17H13F3N4O2/c1-9(25)22-12-5-2-10(3-6-12)11-4-7-14-13(8-11)15(24-16(21)23-14)26-17(18,19)20/h2-8H,1H3,(H,22,25)(H2,21,23,24). The number of ether oxygens (including phenoxy) is 1. The van der Waals surface area contributed by atoms with Crippen molar-refractivity contribution in [2.24, 2.45) is 0 Å². The number of nitrogens with two attached hydrogens (primary N) is 1.